The molecule has 21 heavy (non-hydrogen) atoms. The van der Waals surface area contributed by atoms with Crippen LogP contribution in [0, 0.1) is 0 Å². The number of hydrogen-bond acceptors (Lipinski definition) is 0. The molecule has 0 unspecified atom stereocenters. The van der Waals surface area contributed by atoms with Gasteiger partial charge < -0.3 is 0 Å². The fourth-order valence-corrected chi connectivity index (χ4v) is 4.76. The molecule has 0 saturated carbocycles. The summed E-state index contributed by atoms with van der Waals surface area (Å²) in [5.74, 6) is 0. The van der Waals surface area contributed by atoms with Crippen LogP contribution < -0.4 is 0 Å². The molecule has 106 valence electrons. The molecule has 0 nitrogen and oxygen atoms in total. The third-order valence-electron chi connectivity index (χ3n) is 3.63. The predicted molar refractivity (Wildman–Crippen MR) is 92.5 cm³/mol. The minimum atomic E-state index is -0.463. The van der Waals surface area contributed by atoms with E-state index in [1.807, 2.05) is 0 Å². The standard InChI is InChI=1S/C20H20S/c1-2-17-13-15-20(16-14-17)21(18-9-5-3-6-10-18)19-11-7-4-8-12-19/h3-16,21H,2H2,1H3. The molecule has 0 radical (unpaired) electrons. The van der Waals surface area contributed by atoms with Crippen molar-refractivity contribution in [1.82, 2.24) is 0 Å². The maximum absolute atomic E-state index is 2.30. The minimum absolute atomic E-state index is 0.463. The highest BCUT2D eigenvalue weighted by Crippen LogP contribution is 2.50. The maximum Gasteiger partial charge on any atom is -0.00450 e. The summed E-state index contributed by atoms with van der Waals surface area (Å²) in [6, 6.07) is 30.8. The SMILES string of the molecule is CCc1ccc([SH](c2ccccc2)c2ccccc2)cc1. The lowest BCUT2D eigenvalue weighted by atomic mass is 10.2. The molecule has 0 aliphatic carbocycles. The summed E-state index contributed by atoms with van der Waals surface area (Å²) in [5.41, 5.74) is 1.40. The molecular weight excluding hydrogens is 272 g/mol. The van der Waals surface area contributed by atoms with Crippen LogP contribution in [-0.2, 0) is 6.42 Å². The quantitative estimate of drug-likeness (QED) is 0.583. The van der Waals surface area contributed by atoms with E-state index in [9.17, 15) is 0 Å². The van der Waals surface area contributed by atoms with Gasteiger partial charge in [-0.1, -0.05) is 55.5 Å². The van der Waals surface area contributed by atoms with Gasteiger partial charge in [0.1, 0.15) is 0 Å². The molecule has 3 aromatic rings. The Hall–Kier alpha value is -1.99. The summed E-state index contributed by atoms with van der Waals surface area (Å²) >= 11 is 0. The molecule has 3 aromatic carbocycles. The first kappa shape index (κ1) is 14.0. The molecule has 0 fully saturated rings. The monoisotopic (exact) mass is 292 g/mol. The third-order valence-corrected chi connectivity index (χ3v) is 6.08. The van der Waals surface area contributed by atoms with Gasteiger partial charge in [0.15, 0.2) is 0 Å². The van der Waals surface area contributed by atoms with Crippen molar-refractivity contribution in [2.24, 2.45) is 0 Å². The molecule has 0 spiro atoms. The van der Waals surface area contributed by atoms with E-state index in [0.29, 0.717) is 0 Å². The summed E-state index contributed by atoms with van der Waals surface area (Å²) in [6.45, 7) is 2.20. The topological polar surface area (TPSA) is 0 Å². The molecule has 0 atom stereocenters. The summed E-state index contributed by atoms with van der Waals surface area (Å²) < 4.78 is 0. The zero-order valence-electron chi connectivity index (χ0n) is 12.2. The molecule has 0 aliphatic heterocycles. The van der Waals surface area contributed by atoms with Crippen molar-refractivity contribution in [3.63, 3.8) is 0 Å². The normalized spacial score (nSPS) is 11.2. The summed E-state index contributed by atoms with van der Waals surface area (Å²) in [6.07, 6.45) is 1.09. The van der Waals surface area contributed by atoms with Gasteiger partial charge >= 0.3 is 0 Å². The number of hydrogen-bond donors (Lipinski definition) is 1. The highest BCUT2D eigenvalue weighted by Gasteiger charge is 2.11. The molecule has 0 N–H and O–H groups in total. The zero-order valence-corrected chi connectivity index (χ0v) is 13.1. The summed E-state index contributed by atoms with van der Waals surface area (Å²) in [5, 5.41) is 0. The van der Waals surface area contributed by atoms with E-state index in [4.69, 9.17) is 0 Å². The Balaban J connectivity index is 2.07. The van der Waals surface area contributed by atoms with Crippen molar-refractivity contribution >= 4 is 10.9 Å². The number of benzene rings is 3. The Morgan fingerprint density at radius 1 is 0.571 bits per heavy atom. The van der Waals surface area contributed by atoms with E-state index in [1.165, 1.54) is 20.2 Å². The Kier molecular flexibility index (Phi) is 4.42. The largest absolute Gasteiger partial charge is 0.173 e. The minimum Gasteiger partial charge on any atom is -0.173 e. The van der Waals surface area contributed by atoms with E-state index in [0.717, 1.165) is 6.42 Å². The molecule has 0 aromatic heterocycles. The van der Waals surface area contributed by atoms with E-state index >= 15 is 0 Å². The molecule has 1 heteroatoms. The lowest BCUT2D eigenvalue weighted by Gasteiger charge is -2.23. The first-order valence-electron chi connectivity index (χ1n) is 7.37. The lowest BCUT2D eigenvalue weighted by Crippen LogP contribution is -1.89. The van der Waals surface area contributed by atoms with Gasteiger partial charge in [0, 0.05) is 0 Å². The molecule has 0 bridgehead atoms. The first-order valence-corrected chi connectivity index (χ1v) is 8.72. The van der Waals surface area contributed by atoms with Crippen molar-refractivity contribution in [2.45, 2.75) is 28.0 Å². The summed E-state index contributed by atoms with van der Waals surface area (Å²) in [4.78, 5) is 4.23. The van der Waals surface area contributed by atoms with Crippen LogP contribution in [0.1, 0.15) is 12.5 Å². The highest BCUT2D eigenvalue weighted by molar-refractivity contribution is 8.17. The molecule has 0 amide bonds. The van der Waals surface area contributed by atoms with Crippen LogP contribution in [0.5, 0.6) is 0 Å². The fraction of sp³-hybridized carbons (Fsp3) is 0.100. The Labute approximate surface area is 129 Å². The average Bonchev–Trinajstić information content (AvgIpc) is 2.58. The Morgan fingerprint density at radius 3 is 1.43 bits per heavy atom. The Bertz CT molecular complexity index is 633. The van der Waals surface area contributed by atoms with Crippen LogP contribution >= 0.6 is 10.9 Å². The van der Waals surface area contributed by atoms with Crippen LogP contribution in [0.3, 0.4) is 0 Å². The van der Waals surface area contributed by atoms with E-state index in [2.05, 4.69) is 91.9 Å². The van der Waals surface area contributed by atoms with Crippen LogP contribution in [0.25, 0.3) is 0 Å². The van der Waals surface area contributed by atoms with Gasteiger partial charge in [0.2, 0.25) is 0 Å². The Morgan fingerprint density at radius 2 is 1.00 bits per heavy atom. The molecule has 0 saturated heterocycles. The van der Waals surface area contributed by atoms with E-state index in [-0.39, 0.29) is 0 Å². The van der Waals surface area contributed by atoms with Gasteiger partial charge in [-0.25, -0.2) is 0 Å². The first-order chi connectivity index (χ1) is 10.4. The predicted octanol–water partition coefficient (Wildman–Crippen LogP) is 5.73. The van der Waals surface area contributed by atoms with Crippen LogP contribution in [0.15, 0.2) is 99.6 Å². The van der Waals surface area contributed by atoms with Crippen molar-refractivity contribution < 1.29 is 0 Å². The number of aryl methyl sites for hydroxylation is 1. The van der Waals surface area contributed by atoms with Gasteiger partial charge in [0.25, 0.3) is 0 Å². The van der Waals surface area contributed by atoms with E-state index < -0.39 is 10.9 Å². The zero-order chi connectivity index (χ0) is 14.5. The molecule has 0 aliphatic rings. The second kappa shape index (κ2) is 6.64. The third kappa shape index (κ3) is 3.20. The molecule has 3 rings (SSSR count). The van der Waals surface area contributed by atoms with Gasteiger partial charge in [-0.2, -0.15) is 10.9 Å². The molecular formula is C20H20S. The van der Waals surface area contributed by atoms with Gasteiger partial charge in [-0.05, 0) is 63.1 Å². The number of rotatable bonds is 4. The fourth-order valence-electron chi connectivity index (χ4n) is 2.48. The summed E-state index contributed by atoms with van der Waals surface area (Å²) in [7, 11) is -0.463. The highest BCUT2D eigenvalue weighted by atomic mass is 32.2. The van der Waals surface area contributed by atoms with Crippen molar-refractivity contribution in [3.8, 4) is 0 Å². The average molecular weight is 292 g/mol. The number of thiol groups is 1. The smallest absolute Gasteiger partial charge is 0.00450 e. The maximum atomic E-state index is 2.30. The van der Waals surface area contributed by atoms with Crippen LogP contribution in [0.4, 0.5) is 0 Å². The van der Waals surface area contributed by atoms with Crippen molar-refractivity contribution in [2.75, 3.05) is 0 Å². The van der Waals surface area contributed by atoms with Crippen LogP contribution in [-0.4, -0.2) is 0 Å². The molecule has 0 heterocycles. The second-order valence-electron chi connectivity index (χ2n) is 5.03. The van der Waals surface area contributed by atoms with Crippen molar-refractivity contribution in [1.29, 1.82) is 0 Å². The van der Waals surface area contributed by atoms with Gasteiger partial charge in [0.05, 0.1) is 0 Å². The van der Waals surface area contributed by atoms with Gasteiger partial charge in [-0.15, -0.1) is 0 Å². The van der Waals surface area contributed by atoms with E-state index in [1.54, 1.807) is 0 Å². The second-order valence-corrected chi connectivity index (χ2v) is 7.25. The lowest BCUT2D eigenvalue weighted by molar-refractivity contribution is 1.13. The van der Waals surface area contributed by atoms with Gasteiger partial charge in [-0.3, -0.25) is 0 Å². The van der Waals surface area contributed by atoms with Crippen LogP contribution in [0.2, 0.25) is 0 Å². The van der Waals surface area contributed by atoms with Crippen molar-refractivity contribution in [3.05, 3.63) is 90.5 Å².